The molecule has 10 heteroatoms. The SMILES string of the molecule is CC1(C)CN(S(=O)(=O)c2cc(Cl)ccc2OCC(N)=O)CCC1N.Cl. The molecule has 2 rings (SSSR count). The Morgan fingerprint density at radius 1 is 1.44 bits per heavy atom. The zero-order chi connectivity index (χ0) is 18.1. The predicted octanol–water partition coefficient (Wildman–Crippen LogP) is 1.37. The molecule has 0 saturated carbocycles. The van der Waals surface area contributed by atoms with Crippen molar-refractivity contribution in [3.05, 3.63) is 23.2 Å². The van der Waals surface area contributed by atoms with Crippen LogP contribution in [0.3, 0.4) is 0 Å². The topological polar surface area (TPSA) is 116 Å². The number of carbonyl (C=O) groups excluding carboxylic acids is 1. The van der Waals surface area contributed by atoms with Crippen molar-refractivity contribution in [1.82, 2.24) is 4.31 Å². The quantitative estimate of drug-likeness (QED) is 0.758. The van der Waals surface area contributed by atoms with Gasteiger partial charge in [-0.1, -0.05) is 25.4 Å². The second kappa shape index (κ2) is 8.09. The number of nitrogens with zero attached hydrogens (tertiary/aromatic N) is 1. The van der Waals surface area contributed by atoms with Crippen LogP contribution in [-0.2, 0) is 14.8 Å². The maximum Gasteiger partial charge on any atom is 0.255 e. The van der Waals surface area contributed by atoms with E-state index in [1.165, 1.54) is 22.5 Å². The lowest BCUT2D eigenvalue weighted by Gasteiger charge is -2.41. The number of hydrogen-bond acceptors (Lipinski definition) is 5. The second-order valence-electron chi connectivity index (χ2n) is 6.57. The highest BCUT2D eigenvalue weighted by Gasteiger charge is 2.39. The van der Waals surface area contributed by atoms with Gasteiger partial charge in [0.15, 0.2) is 6.61 Å². The van der Waals surface area contributed by atoms with Gasteiger partial charge in [-0.2, -0.15) is 4.31 Å². The van der Waals surface area contributed by atoms with Crippen LogP contribution >= 0.6 is 24.0 Å². The first-order valence-electron chi connectivity index (χ1n) is 7.50. The van der Waals surface area contributed by atoms with Crippen molar-refractivity contribution in [2.45, 2.75) is 31.2 Å². The fraction of sp³-hybridized carbons (Fsp3) is 0.533. The van der Waals surface area contributed by atoms with Gasteiger partial charge in [0, 0.05) is 24.2 Å². The van der Waals surface area contributed by atoms with Crippen molar-refractivity contribution < 1.29 is 17.9 Å². The molecule has 25 heavy (non-hydrogen) atoms. The molecule has 142 valence electrons. The molecule has 1 aliphatic heterocycles. The molecule has 1 heterocycles. The highest BCUT2D eigenvalue weighted by molar-refractivity contribution is 7.89. The summed E-state index contributed by atoms with van der Waals surface area (Å²) >= 11 is 5.95. The number of primary amides is 1. The molecule has 1 amide bonds. The Morgan fingerprint density at radius 2 is 2.08 bits per heavy atom. The van der Waals surface area contributed by atoms with Gasteiger partial charge < -0.3 is 16.2 Å². The standard InChI is InChI=1S/C15H22ClN3O4S.ClH/c1-15(2)9-19(6-5-13(15)17)24(21,22)12-7-10(16)3-4-11(12)23-8-14(18)20;/h3-4,7,13H,5-6,8-9,17H2,1-2H3,(H2,18,20);1H. The van der Waals surface area contributed by atoms with Gasteiger partial charge in [0.25, 0.3) is 5.91 Å². The molecule has 0 radical (unpaired) electrons. The van der Waals surface area contributed by atoms with Crippen LogP contribution in [0.2, 0.25) is 5.02 Å². The average Bonchev–Trinajstić information content (AvgIpc) is 2.48. The molecule has 7 nitrogen and oxygen atoms in total. The summed E-state index contributed by atoms with van der Waals surface area (Å²) in [7, 11) is -3.84. The summed E-state index contributed by atoms with van der Waals surface area (Å²) in [4.78, 5) is 10.8. The molecule has 1 fully saturated rings. The summed E-state index contributed by atoms with van der Waals surface area (Å²) < 4.78 is 32.7. The van der Waals surface area contributed by atoms with Crippen LogP contribution in [-0.4, -0.2) is 44.4 Å². The highest BCUT2D eigenvalue weighted by atomic mass is 35.5. The zero-order valence-corrected chi connectivity index (χ0v) is 16.5. The van der Waals surface area contributed by atoms with Gasteiger partial charge in [0.05, 0.1) is 0 Å². The molecule has 4 N–H and O–H groups in total. The molecule has 0 bridgehead atoms. The largest absolute Gasteiger partial charge is 0.482 e. The minimum Gasteiger partial charge on any atom is -0.482 e. The van der Waals surface area contributed by atoms with E-state index in [4.69, 9.17) is 27.8 Å². The van der Waals surface area contributed by atoms with E-state index in [1.807, 2.05) is 13.8 Å². The van der Waals surface area contributed by atoms with Crippen LogP contribution < -0.4 is 16.2 Å². The van der Waals surface area contributed by atoms with Crippen LogP contribution in [0.25, 0.3) is 0 Å². The van der Waals surface area contributed by atoms with Gasteiger partial charge in [0.2, 0.25) is 10.0 Å². The van der Waals surface area contributed by atoms with E-state index in [2.05, 4.69) is 0 Å². The van der Waals surface area contributed by atoms with Crippen molar-refractivity contribution in [2.75, 3.05) is 19.7 Å². The van der Waals surface area contributed by atoms with E-state index in [1.54, 1.807) is 0 Å². The maximum atomic E-state index is 13.0. The van der Waals surface area contributed by atoms with Gasteiger partial charge >= 0.3 is 0 Å². The van der Waals surface area contributed by atoms with Crippen molar-refractivity contribution in [2.24, 2.45) is 16.9 Å². The lowest BCUT2D eigenvalue weighted by atomic mass is 9.81. The van der Waals surface area contributed by atoms with E-state index in [-0.39, 0.29) is 46.1 Å². The fourth-order valence-electron chi connectivity index (χ4n) is 2.62. The van der Waals surface area contributed by atoms with E-state index in [0.717, 1.165) is 0 Å². The van der Waals surface area contributed by atoms with Crippen molar-refractivity contribution >= 4 is 39.9 Å². The average molecular weight is 412 g/mol. The van der Waals surface area contributed by atoms with Gasteiger partial charge in [-0.3, -0.25) is 4.79 Å². The van der Waals surface area contributed by atoms with E-state index in [0.29, 0.717) is 13.0 Å². The number of benzene rings is 1. The summed E-state index contributed by atoms with van der Waals surface area (Å²) in [5, 5.41) is 0.257. The number of rotatable bonds is 5. The molecule has 1 saturated heterocycles. The van der Waals surface area contributed by atoms with E-state index < -0.39 is 22.5 Å². The Balaban J connectivity index is 0.00000312. The van der Waals surface area contributed by atoms with Gasteiger partial charge in [0.1, 0.15) is 10.6 Å². The van der Waals surface area contributed by atoms with Gasteiger partial charge in [-0.05, 0) is 30.0 Å². The molecule has 1 aromatic carbocycles. The molecule has 1 unspecified atom stereocenters. The molecule has 1 aliphatic rings. The molecular formula is C15H23Cl2N3O4S. The Hall–Kier alpha value is -1.06. The number of carbonyl (C=O) groups is 1. The Morgan fingerprint density at radius 3 is 2.64 bits per heavy atom. The summed E-state index contributed by atoms with van der Waals surface area (Å²) in [6.45, 7) is 4.05. The third-order valence-electron chi connectivity index (χ3n) is 4.17. The third-order valence-corrected chi connectivity index (χ3v) is 6.27. The lowest BCUT2D eigenvalue weighted by Crippen LogP contribution is -2.53. The van der Waals surface area contributed by atoms with Gasteiger partial charge in [-0.25, -0.2) is 8.42 Å². The number of halogens is 2. The predicted molar refractivity (Wildman–Crippen MR) is 98.5 cm³/mol. The molecule has 1 atom stereocenters. The number of nitrogens with two attached hydrogens (primary N) is 2. The van der Waals surface area contributed by atoms with Crippen LogP contribution in [0.1, 0.15) is 20.3 Å². The van der Waals surface area contributed by atoms with Crippen LogP contribution in [0.15, 0.2) is 23.1 Å². The first kappa shape index (κ1) is 22.0. The van der Waals surface area contributed by atoms with Crippen LogP contribution in [0, 0.1) is 5.41 Å². The highest BCUT2D eigenvalue weighted by Crippen LogP contribution is 2.35. The van der Waals surface area contributed by atoms with Crippen molar-refractivity contribution in [1.29, 1.82) is 0 Å². The summed E-state index contributed by atoms with van der Waals surface area (Å²) in [6, 6.07) is 4.15. The first-order valence-corrected chi connectivity index (χ1v) is 9.32. The summed E-state index contributed by atoms with van der Waals surface area (Å²) in [6.07, 6.45) is 0.560. The number of hydrogen-bond donors (Lipinski definition) is 2. The third kappa shape index (κ3) is 4.98. The number of amides is 1. The summed E-state index contributed by atoms with van der Waals surface area (Å²) in [5.41, 5.74) is 10.8. The second-order valence-corrected chi connectivity index (χ2v) is 8.91. The van der Waals surface area contributed by atoms with Crippen molar-refractivity contribution in [3.8, 4) is 5.75 Å². The fourth-order valence-corrected chi connectivity index (χ4v) is 4.64. The monoisotopic (exact) mass is 411 g/mol. The molecule has 0 aliphatic carbocycles. The Kier molecular flexibility index (Phi) is 7.12. The number of ether oxygens (including phenoxy) is 1. The molecular weight excluding hydrogens is 389 g/mol. The van der Waals surface area contributed by atoms with E-state index >= 15 is 0 Å². The van der Waals surface area contributed by atoms with Crippen LogP contribution in [0.4, 0.5) is 0 Å². The smallest absolute Gasteiger partial charge is 0.255 e. The van der Waals surface area contributed by atoms with Crippen molar-refractivity contribution in [3.63, 3.8) is 0 Å². The Bertz CT molecular complexity index is 740. The minimum absolute atomic E-state index is 0. The molecule has 0 spiro atoms. The minimum atomic E-state index is -3.84. The Labute approximate surface area is 159 Å². The first-order chi connectivity index (χ1) is 11.0. The van der Waals surface area contributed by atoms with E-state index in [9.17, 15) is 13.2 Å². The van der Waals surface area contributed by atoms with Crippen LogP contribution in [0.5, 0.6) is 5.75 Å². The number of piperidine rings is 1. The molecule has 0 aromatic heterocycles. The lowest BCUT2D eigenvalue weighted by molar-refractivity contribution is -0.120. The van der Waals surface area contributed by atoms with Gasteiger partial charge in [-0.15, -0.1) is 12.4 Å². The zero-order valence-electron chi connectivity index (χ0n) is 14.1. The molecule has 1 aromatic rings. The normalized spacial score (nSPS) is 20.6. The summed E-state index contributed by atoms with van der Waals surface area (Å²) in [5.74, 6) is -0.649. The maximum absolute atomic E-state index is 13.0. The number of sulfonamides is 1.